The lowest BCUT2D eigenvalue weighted by Gasteiger charge is -2.11. The maximum Gasteiger partial charge on any atom is 0.259 e. The molecule has 1 aromatic carbocycles. The second-order valence-corrected chi connectivity index (χ2v) is 6.13. The van der Waals surface area contributed by atoms with Crippen LogP contribution in [0.2, 0.25) is 0 Å². The van der Waals surface area contributed by atoms with Gasteiger partial charge < -0.3 is 15.2 Å². The third kappa shape index (κ3) is 3.02. The number of anilines is 2. The zero-order valence-corrected chi connectivity index (χ0v) is 13.2. The molecule has 0 radical (unpaired) electrons. The number of nitrogens with one attached hydrogen (secondary N) is 1. The van der Waals surface area contributed by atoms with E-state index in [4.69, 9.17) is 15.2 Å². The van der Waals surface area contributed by atoms with Crippen LogP contribution < -0.4 is 20.5 Å². The highest BCUT2D eigenvalue weighted by Crippen LogP contribution is 2.32. The summed E-state index contributed by atoms with van der Waals surface area (Å²) in [4.78, 5) is 16.2. The van der Waals surface area contributed by atoms with E-state index in [9.17, 15) is 4.79 Å². The van der Waals surface area contributed by atoms with Crippen molar-refractivity contribution < 1.29 is 14.3 Å². The SMILES string of the molecule is COc1cc(N)c(C(=O)Nc2ncc(Br)s2)cc1OC. The zero-order chi connectivity index (χ0) is 14.7. The number of benzene rings is 1. The van der Waals surface area contributed by atoms with Crippen molar-refractivity contribution in [2.24, 2.45) is 0 Å². The van der Waals surface area contributed by atoms with Crippen molar-refractivity contribution in [3.63, 3.8) is 0 Å². The van der Waals surface area contributed by atoms with E-state index in [1.165, 1.54) is 31.6 Å². The lowest BCUT2D eigenvalue weighted by atomic mass is 10.1. The molecule has 0 atom stereocenters. The summed E-state index contributed by atoms with van der Waals surface area (Å²) in [7, 11) is 3.00. The van der Waals surface area contributed by atoms with Gasteiger partial charge in [0.25, 0.3) is 5.91 Å². The third-order valence-corrected chi connectivity index (χ3v) is 3.89. The minimum absolute atomic E-state index is 0.300. The summed E-state index contributed by atoms with van der Waals surface area (Å²) in [6.07, 6.45) is 1.61. The van der Waals surface area contributed by atoms with Gasteiger partial charge in [-0.25, -0.2) is 4.98 Å². The van der Waals surface area contributed by atoms with Crippen molar-refractivity contribution >= 4 is 44.0 Å². The number of halogens is 1. The van der Waals surface area contributed by atoms with Crippen LogP contribution in [0.5, 0.6) is 11.5 Å². The first-order valence-electron chi connectivity index (χ1n) is 5.49. The third-order valence-electron chi connectivity index (χ3n) is 2.50. The van der Waals surface area contributed by atoms with Gasteiger partial charge in [-0.05, 0) is 22.0 Å². The fourth-order valence-corrected chi connectivity index (χ4v) is 2.67. The normalized spacial score (nSPS) is 10.2. The molecule has 0 spiro atoms. The van der Waals surface area contributed by atoms with Crippen molar-refractivity contribution in [1.82, 2.24) is 4.98 Å². The molecule has 0 aliphatic rings. The number of hydrogen-bond acceptors (Lipinski definition) is 6. The Labute approximate surface area is 128 Å². The second kappa shape index (κ2) is 6.10. The number of nitrogen functional groups attached to an aromatic ring is 1. The fraction of sp³-hybridized carbons (Fsp3) is 0.167. The number of carbonyl (C=O) groups excluding carboxylic acids is 1. The van der Waals surface area contributed by atoms with Crippen LogP contribution in [0.1, 0.15) is 10.4 Å². The first kappa shape index (κ1) is 14.6. The molecule has 1 aromatic heterocycles. The predicted molar refractivity (Wildman–Crippen MR) is 81.7 cm³/mol. The van der Waals surface area contributed by atoms with E-state index in [1.807, 2.05) is 0 Å². The van der Waals surface area contributed by atoms with Crippen molar-refractivity contribution in [2.75, 3.05) is 25.3 Å². The van der Waals surface area contributed by atoms with Gasteiger partial charge in [-0.3, -0.25) is 10.1 Å². The van der Waals surface area contributed by atoms with Gasteiger partial charge in [0.15, 0.2) is 16.6 Å². The van der Waals surface area contributed by atoms with Gasteiger partial charge in [-0.15, -0.1) is 0 Å². The lowest BCUT2D eigenvalue weighted by molar-refractivity contribution is 0.102. The van der Waals surface area contributed by atoms with Crippen molar-refractivity contribution in [3.8, 4) is 11.5 Å². The van der Waals surface area contributed by atoms with Crippen LogP contribution in [0.3, 0.4) is 0 Å². The molecule has 0 aliphatic heterocycles. The predicted octanol–water partition coefficient (Wildman–Crippen LogP) is 2.76. The van der Waals surface area contributed by atoms with Crippen LogP contribution >= 0.6 is 27.3 Å². The molecule has 2 aromatic rings. The van der Waals surface area contributed by atoms with E-state index >= 15 is 0 Å². The van der Waals surface area contributed by atoms with Crippen molar-refractivity contribution in [1.29, 1.82) is 0 Å². The number of hydrogen-bond donors (Lipinski definition) is 2. The van der Waals surface area contributed by atoms with Crippen LogP contribution in [-0.2, 0) is 0 Å². The average molecular weight is 358 g/mol. The molecule has 106 valence electrons. The molecule has 0 bridgehead atoms. The Morgan fingerprint density at radius 1 is 1.35 bits per heavy atom. The maximum absolute atomic E-state index is 12.2. The molecule has 6 nitrogen and oxygen atoms in total. The van der Waals surface area contributed by atoms with Gasteiger partial charge in [0.05, 0.1) is 29.8 Å². The van der Waals surface area contributed by atoms with Gasteiger partial charge in [0.1, 0.15) is 0 Å². The zero-order valence-electron chi connectivity index (χ0n) is 10.8. The van der Waals surface area contributed by atoms with Crippen LogP contribution in [0.4, 0.5) is 10.8 Å². The molecule has 0 saturated carbocycles. The van der Waals surface area contributed by atoms with Gasteiger partial charge in [-0.2, -0.15) is 0 Å². The number of amides is 1. The quantitative estimate of drug-likeness (QED) is 0.821. The molecule has 0 saturated heterocycles. The topological polar surface area (TPSA) is 86.5 Å². The number of methoxy groups -OCH3 is 2. The molecule has 20 heavy (non-hydrogen) atoms. The molecular formula is C12H12BrN3O3S. The van der Waals surface area contributed by atoms with E-state index in [-0.39, 0.29) is 5.91 Å². The van der Waals surface area contributed by atoms with E-state index < -0.39 is 0 Å². The molecule has 0 aliphatic carbocycles. The Balaban J connectivity index is 2.29. The average Bonchev–Trinajstić information content (AvgIpc) is 2.83. The Morgan fingerprint density at radius 2 is 2.00 bits per heavy atom. The number of nitrogens with zero attached hydrogens (tertiary/aromatic N) is 1. The summed E-state index contributed by atoms with van der Waals surface area (Å²) in [5.41, 5.74) is 6.46. The first-order chi connectivity index (χ1) is 9.55. The summed E-state index contributed by atoms with van der Waals surface area (Å²) in [5, 5.41) is 3.15. The molecule has 1 amide bonds. The molecule has 3 N–H and O–H groups in total. The second-order valence-electron chi connectivity index (χ2n) is 3.72. The van der Waals surface area contributed by atoms with Gasteiger partial charge in [0, 0.05) is 11.8 Å². The van der Waals surface area contributed by atoms with E-state index in [0.717, 1.165) is 3.79 Å². The Kier molecular flexibility index (Phi) is 4.46. The van der Waals surface area contributed by atoms with E-state index in [2.05, 4.69) is 26.2 Å². The number of nitrogens with two attached hydrogens (primary N) is 1. The molecule has 1 heterocycles. The van der Waals surface area contributed by atoms with Crippen LogP contribution in [0, 0.1) is 0 Å². The molecule has 8 heteroatoms. The number of thiazole rings is 1. The van der Waals surface area contributed by atoms with Gasteiger partial charge >= 0.3 is 0 Å². The summed E-state index contributed by atoms with van der Waals surface area (Å²) in [6.45, 7) is 0. The first-order valence-corrected chi connectivity index (χ1v) is 7.10. The molecule has 0 unspecified atom stereocenters. The molecule has 2 rings (SSSR count). The Hall–Kier alpha value is -1.80. The number of aromatic nitrogens is 1. The van der Waals surface area contributed by atoms with Gasteiger partial charge in [-0.1, -0.05) is 11.3 Å². The maximum atomic E-state index is 12.2. The molecular weight excluding hydrogens is 346 g/mol. The highest BCUT2D eigenvalue weighted by Gasteiger charge is 2.16. The highest BCUT2D eigenvalue weighted by atomic mass is 79.9. The lowest BCUT2D eigenvalue weighted by Crippen LogP contribution is -2.14. The van der Waals surface area contributed by atoms with Crippen molar-refractivity contribution in [3.05, 3.63) is 27.7 Å². The number of rotatable bonds is 4. The summed E-state index contributed by atoms with van der Waals surface area (Å²) < 4.78 is 11.1. The summed E-state index contributed by atoms with van der Waals surface area (Å²) in [5.74, 6) is 0.552. The Morgan fingerprint density at radius 3 is 2.55 bits per heavy atom. The van der Waals surface area contributed by atoms with Crippen LogP contribution in [0.25, 0.3) is 0 Å². The van der Waals surface area contributed by atoms with Crippen molar-refractivity contribution in [2.45, 2.75) is 0 Å². The van der Waals surface area contributed by atoms with Crippen LogP contribution in [0.15, 0.2) is 22.1 Å². The standard InChI is InChI=1S/C12H12BrN3O3S/c1-18-8-3-6(7(14)4-9(8)19-2)11(17)16-12-15-5-10(13)20-12/h3-5H,14H2,1-2H3,(H,15,16,17). The monoisotopic (exact) mass is 357 g/mol. The fourth-order valence-electron chi connectivity index (χ4n) is 1.57. The number of ether oxygens (including phenoxy) is 2. The van der Waals surface area contributed by atoms with E-state index in [0.29, 0.717) is 27.9 Å². The smallest absolute Gasteiger partial charge is 0.259 e. The molecule has 0 fully saturated rings. The van der Waals surface area contributed by atoms with E-state index in [1.54, 1.807) is 12.3 Å². The minimum Gasteiger partial charge on any atom is -0.493 e. The van der Waals surface area contributed by atoms with Gasteiger partial charge in [0.2, 0.25) is 0 Å². The minimum atomic E-state index is -0.356. The highest BCUT2D eigenvalue weighted by molar-refractivity contribution is 9.11. The number of carbonyl (C=O) groups is 1. The summed E-state index contributed by atoms with van der Waals surface area (Å²) >= 11 is 4.59. The van der Waals surface area contributed by atoms with Crippen LogP contribution in [-0.4, -0.2) is 25.1 Å². The summed E-state index contributed by atoms with van der Waals surface area (Å²) in [6, 6.07) is 3.08. The largest absolute Gasteiger partial charge is 0.493 e. The Bertz CT molecular complexity index is 645.